The van der Waals surface area contributed by atoms with Crippen molar-refractivity contribution in [2.45, 2.75) is 31.7 Å². The third-order valence-electron chi connectivity index (χ3n) is 3.70. The predicted octanol–water partition coefficient (Wildman–Crippen LogP) is 1.47. The van der Waals surface area contributed by atoms with Crippen molar-refractivity contribution in [3.63, 3.8) is 0 Å². The first-order valence-corrected chi connectivity index (χ1v) is 7.57. The summed E-state index contributed by atoms with van der Waals surface area (Å²) in [4.78, 5) is 23.7. The second-order valence-electron chi connectivity index (χ2n) is 5.49. The van der Waals surface area contributed by atoms with E-state index in [1.54, 1.807) is 12.1 Å². The summed E-state index contributed by atoms with van der Waals surface area (Å²) in [5.41, 5.74) is 0.522. The second kappa shape index (κ2) is 7.99. The maximum Gasteiger partial charge on any atom is 0.262 e. The van der Waals surface area contributed by atoms with E-state index < -0.39 is 5.91 Å². The Morgan fingerprint density at radius 2 is 1.91 bits per heavy atom. The molecule has 6 nitrogen and oxygen atoms in total. The van der Waals surface area contributed by atoms with Gasteiger partial charge in [0.25, 0.3) is 5.91 Å². The van der Waals surface area contributed by atoms with E-state index in [0.29, 0.717) is 5.56 Å². The molecule has 0 aliphatic heterocycles. The lowest BCUT2D eigenvalue weighted by Gasteiger charge is -2.12. The number of nitrogens with one attached hydrogen (secondary N) is 2. The molecule has 1 fully saturated rings. The molecule has 0 spiro atoms. The van der Waals surface area contributed by atoms with Crippen LogP contribution in [-0.2, 0) is 9.59 Å². The summed E-state index contributed by atoms with van der Waals surface area (Å²) >= 11 is 0. The number of hydrogen-bond donors (Lipinski definition) is 3. The van der Waals surface area contributed by atoms with Crippen LogP contribution in [0.2, 0.25) is 0 Å². The van der Waals surface area contributed by atoms with E-state index in [-0.39, 0.29) is 29.8 Å². The molecule has 0 atom stereocenters. The number of phenols is 1. The molecule has 1 saturated carbocycles. The number of rotatable bonds is 5. The number of phenolic OH excluding ortho intramolecular Hbond substituents is 1. The molecule has 1 aromatic carbocycles. The van der Waals surface area contributed by atoms with Crippen molar-refractivity contribution in [1.29, 1.82) is 5.26 Å². The molecule has 0 heterocycles. The van der Waals surface area contributed by atoms with Crippen LogP contribution >= 0.6 is 0 Å². The second-order valence-corrected chi connectivity index (χ2v) is 5.49. The van der Waals surface area contributed by atoms with Crippen molar-refractivity contribution in [3.8, 4) is 11.8 Å². The third kappa shape index (κ3) is 5.15. The van der Waals surface area contributed by atoms with Crippen molar-refractivity contribution >= 4 is 17.9 Å². The minimum Gasteiger partial charge on any atom is -0.508 e. The largest absolute Gasteiger partial charge is 0.508 e. The SMILES string of the molecule is N#C/C(=C\c1ccc(O)cc1)C(=O)NCC(=O)NC1CCCC1. The number of nitrogens with zero attached hydrogens (tertiary/aromatic N) is 1. The van der Waals surface area contributed by atoms with Gasteiger partial charge in [0.2, 0.25) is 5.91 Å². The van der Waals surface area contributed by atoms with Crippen LogP contribution in [0.5, 0.6) is 5.75 Å². The van der Waals surface area contributed by atoms with Gasteiger partial charge in [-0.05, 0) is 36.6 Å². The van der Waals surface area contributed by atoms with E-state index in [4.69, 9.17) is 5.26 Å². The van der Waals surface area contributed by atoms with Crippen LogP contribution in [0.1, 0.15) is 31.2 Å². The maximum absolute atomic E-state index is 12.0. The summed E-state index contributed by atoms with van der Waals surface area (Å²) in [6.07, 6.45) is 5.59. The normalized spacial score (nSPS) is 15.0. The number of hydrogen-bond acceptors (Lipinski definition) is 4. The molecule has 1 aromatic rings. The molecular weight excluding hydrogens is 294 g/mol. The summed E-state index contributed by atoms with van der Waals surface area (Å²) in [6.45, 7) is -0.149. The van der Waals surface area contributed by atoms with Crippen molar-refractivity contribution in [2.75, 3.05) is 6.54 Å². The molecule has 0 radical (unpaired) electrons. The molecule has 3 N–H and O–H groups in total. The highest BCUT2D eigenvalue weighted by Crippen LogP contribution is 2.17. The summed E-state index contributed by atoms with van der Waals surface area (Å²) in [5, 5.41) is 23.6. The van der Waals surface area contributed by atoms with E-state index >= 15 is 0 Å². The predicted molar refractivity (Wildman–Crippen MR) is 85.1 cm³/mol. The van der Waals surface area contributed by atoms with Crippen LogP contribution in [0.15, 0.2) is 29.8 Å². The zero-order valence-corrected chi connectivity index (χ0v) is 12.7. The standard InChI is InChI=1S/C17H19N3O3/c18-10-13(9-12-5-7-15(21)8-6-12)17(23)19-11-16(22)20-14-3-1-2-4-14/h5-9,14,21H,1-4,11H2,(H,19,23)(H,20,22)/b13-9+. The molecule has 2 rings (SSSR count). The third-order valence-corrected chi connectivity index (χ3v) is 3.70. The lowest BCUT2D eigenvalue weighted by Crippen LogP contribution is -2.41. The van der Waals surface area contributed by atoms with Crippen molar-refractivity contribution in [2.24, 2.45) is 0 Å². The summed E-state index contributed by atoms with van der Waals surface area (Å²) in [5.74, 6) is -0.733. The van der Waals surface area contributed by atoms with Crippen LogP contribution in [0.25, 0.3) is 6.08 Å². The lowest BCUT2D eigenvalue weighted by atomic mass is 10.1. The zero-order chi connectivity index (χ0) is 16.7. The number of nitriles is 1. The van der Waals surface area contributed by atoms with E-state index in [1.165, 1.54) is 18.2 Å². The van der Waals surface area contributed by atoms with Crippen LogP contribution in [-0.4, -0.2) is 29.5 Å². The molecule has 0 aromatic heterocycles. The van der Waals surface area contributed by atoms with Crippen LogP contribution in [0, 0.1) is 11.3 Å². The minimum absolute atomic E-state index is 0.0932. The molecule has 6 heteroatoms. The van der Waals surface area contributed by atoms with Gasteiger partial charge in [0.15, 0.2) is 0 Å². The van der Waals surface area contributed by atoms with E-state index in [2.05, 4.69) is 10.6 Å². The molecule has 0 bridgehead atoms. The monoisotopic (exact) mass is 313 g/mol. The zero-order valence-electron chi connectivity index (χ0n) is 12.7. The first-order chi connectivity index (χ1) is 11.1. The number of carbonyl (C=O) groups is 2. The Kier molecular flexibility index (Phi) is 5.75. The van der Waals surface area contributed by atoms with Gasteiger partial charge in [0, 0.05) is 6.04 Å². The number of carbonyl (C=O) groups excluding carboxylic acids is 2. The van der Waals surface area contributed by atoms with Crippen LogP contribution in [0.4, 0.5) is 0 Å². The quantitative estimate of drug-likeness (QED) is 0.566. The van der Waals surface area contributed by atoms with E-state index in [1.807, 2.05) is 6.07 Å². The fourth-order valence-electron chi connectivity index (χ4n) is 2.49. The average molecular weight is 313 g/mol. The molecule has 0 unspecified atom stereocenters. The summed E-state index contributed by atoms with van der Waals surface area (Å²) < 4.78 is 0. The molecule has 23 heavy (non-hydrogen) atoms. The molecular formula is C17H19N3O3. The molecule has 0 saturated heterocycles. The average Bonchev–Trinajstić information content (AvgIpc) is 3.05. The molecule has 1 aliphatic carbocycles. The molecule has 120 valence electrons. The fraction of sp³-hybridized carbons (Fsp3) is 0.353. The topological polar surface area (TPSA) is 102 Å². The Morgan fingerprint density at radius 1 is 1.26 bits per heavy atom. The Labute approximate surface area is 134 Å². The highest BCUT2D eigenvalue weighted by molar-refractivity contribution is 6.03. The van der Waals surface area contributed by atoms with Gasteiger partial charge in [-0.3, -0.25) is 9.59 Å². The Bertz CT molecular complexity index is 638. The van der Waals surface area contributed by atoms with Gasteiger partial charge in [0.05, 0.1) is 6.54 Å². The van der Waals surface area contributed by atoms with Gasteiger partial charge in [-0.2, -0.15) is 5.26 Å². The molecule has 1 aliphatic rings. The van der Waals surface area contributed by atoms with Crippen molar-refractivity contribution in [1.82, 2.24) is 10.6 Å². The summed E-state index contributed by atoms with van der Waals surface area (Å²) in [7, 11) is 0. The smallest absolute Gasteiger partial charge is 0.262 e. The van der Waals surface area contributed by atoms with Gasteiger partial charge in [0.1, 0.15) is 17.4 Å². The first kappa shape index (κ1) is 16.6. The molecule has 2 amide bonds. The fourth-order valence-corrected chi connectivity index (χ4v) is 2.49. The van der Waals surface area contributed by atoms with Crippen molar-refractivity contribution in [3.05, 3.63) is 35.4 Å². The van der Waals surface area contributed by atoms with Gasteiger partial charge in [-0.15, -0.1) is 0 Å². The van der Waals surface area contributed by atoms with Crippen LogP contribution < -0.4 is 10.6 Å². The highest BCUT2D eigenvalue weighted by atomic mass is 16.3. The van der Waals surface area contributed by atoms with Gasteiger partial charge in [-0.25, -0.2) is 0 Å². The van der Waals surface area contributed by atoms with E-state index in [9.17, 15) is 14.7 Å². The Morgan fingerprint density at radius 3 is 2.52 bits per heavy atom. The summed E-state index contributed by atoms with van der Waals surface area (Å²) in [6, 6.07) is 8.13. The highest BCUT2D eigenvalue weighted by Gasteiger charge is 2.17. The first-order valence-electron chi connectivity index (χ1n) is 7.57. The number of amides is 2. The minimum atomic E-state index is -0.595. The van der Waals surface area contributed by atoms with E-state index in [0.717, 1.165) is 25.7 Å². The van der Waals surface area contributed by atoms with Crippen LogP contribution in [0.3, 0.4) is 0 Å². The maximum atomic E-state index is 12.0. The van der Waals surface area contributed by atoms with Gasteiger partial charge in [-0.1, -0.05) is 25.0 Å². The van der Waals surface area contributed by atoms with Gasteiger partial charge >= 0.3 is 0 Å². The van der Waals surface area contributed by atoms with Gasteiger partial charge < -0.3 is 15.7 Å². The lowest BCUT2D eigenvalue weighted by molar-refractivity contribution is -0.124. The number of aromatic hydroxyl groups is 1. The Hall–Kier alpha value is -2.81. The Balaban J connectivity index is 1.88. The number of benzene rings is 1. The van der Waals surface area contributed by atoms with Crippen molar-refractivity contribution < 1.29 is 14.7 Å².